The molecule has 3 heterocycles. The number of nitrogens with zero attached hydrogens (tertiary/aromatic N) is 3. The smallest absolute Gasteiger partial charge is 0.274 e. The third-order valence-electron chi connectivity index (χ3n) is 5.36. The van der Waals surface area contributed by atoms with Crippen LogP contribution in [-0.2, 0) is 0 Å². The van der Waals surface area contributed by atoms with E-state index in [1.165, 1.54) is 12.1 Å². The lowest BCUT2D eigenvalue weighted by atomic mass is 9.99. The summed E-state index contributed by atoms with van der Waals surface area (Å²) in [5, 5.41) is 17.7. The number of amides is 1. The summed E-state index contributed by atoms with van der Waals surface area (Å²) in [4.78, 5) is 17.3. The number of hydrogen-bond donors (Lipinski definition) is 1. The van der Waals surface area contributed by atoms with Crippen LogP contribution in [0.2, 0.25) is 0 Å². The third kappa shape index (κ3) is 3.30. The molecule has 0 aliphatic carbocycles. The van der Waals surface area contributed by atoms with E-state index in [2.05, 4.69) is 10.1 Å². The van der Waals surface area contributed by atoms with Crippen LogP contribution < -0.4 is 4.74 Å². The number of fused-ring (bicyclic) bond motifs is 1. The Hall–Kier alpha value is -4.13. The zero-order chi connectivity index (χ0) is 21.4. The lowest BCUT2D eigenvalue weighted by molar-refractivity contribution is 0.0709. The van der Waals surface area contributed by atoms with Crippen molar-refractivity contribution in [3.05, 3.63) is 89.9 Å². The molecule has 0 radical (unpaired) electrons. The summed E-state index contributed by atoms with van der Waals surface area (Å²) >= 11 is 0. The fourth-order valence-electron chi connectivity index (χ4n) is 3.81. The predicted octanol–water partition coefficient (Wildman–Crippen LogP) is 4.53. The van der Waals surface area contributed by atoms with Gasteiger partial charge in [-0.1, -0.05) is 30.3 Å². The van der Waals surface area contributed by atoms with Crippen molar-refractivity contribution in [2.24, 2.45) is 5.10 Å². The van der Waals surface area contributed by atoms with E-state index < -0.39 is 6.04 Å². The van der Waals surface area contributed by atoms with Gasteiger partial charge in [-0.2, -0.15) is 5.10 Å². The Labute approximate surface area is 178 Å². The monoisotopic (exact) mass is 413 g/mol. The molecule has 0 fully saturated rings. The zero-order valence-electron chi connectivity index (χ0n) is 16.7. The van der Waals surface area contributed by atoms with Gasteiger partial charge < -0.3 is 14.3 Å². The van der Waals surface area contributed by atoms with E-state index in [4.69, 9.17) is 9.15 Å². The molecule has 2 aromatic heterocycles. The predicted molar refractivity (Wildman–Crippen MR) is 115 cm³/mol. The minimum absolute atomic E-state index is 0.0106. The highest BCUT2D eigenvalue weighted by molar-refractivity contribution is 6.05. The van der Waals surface area contributed by atoms with Crippen molar-refractivity contribution >= 4 is 22.6 Å². The molecule has 7 heteroatoms. The largest absolute Gasteiger partial charge is 0.504 e. The molecule has 4 aromatic rings. The Morgan fingerprint density at radius 1 is 1.13 bits per heavy atom. The van der Waals surface area contributed by atoms with Gasteiger partial charge in [-0.25, -0.2) is 5.01 Å². The van der Waals surface area contributed by atoms with Crippen LogP contribution in [0.4, 0.5) is 0 Å². The van der Waals surface area contributed by atoms with Gasteiger partial charge in [0, 0.05) is 35.3 Å². The Bertz CT molecular complexity index is 1260. The van der Waals surface area contributed by atoms with Gasteiger partial charge in [-0.05, 0) is 30.3 Å². The fraction of sp³-hybridized carbons (Fsp3) is 0.125. The first kappa shape index (κ1) is 18.9. The topological polar surface area (TPSA) is 88.2 Å². The number of rotatable bonds is 4. The lowest BCUT2D eigenvalue weighted by Gasteiger charge is -2.23. The number of pyridine rings is 1. The molecule has 0 saturated heterocycles. The summed E-state index contributed by atoms with van der Waals surface area (Å²) < 4.78 is 11.2. The van der Waals surface area contributed by atoms with Crippen molar-refractivity contribution in [2.45, 2.75) is 12.5 Å². The number of ether oxygens (including phenoxy) is 1. The second kappa shape index (κ2) is 7.60. The zero-order valence-corrected chi connectivity index (χ0v) is 16.7. The van der Waals surface area contributed by atoms with Crippen LogP contribution in [0.3, 0.4) is 0 Å². The SMILES string of the molecule is COc1cccc(C2CC(c3cc4ccccc4o3)=NN2C(=O)c2ccncc2)c1O. The first-order chi connectivity index (χ1) is 15.2. The highest BCUT2D eigenvalue weighted by Crippen LogP contribution is 2.42. The second-order valence-electron chi connectivity index (χ2n) is 7.20. The summed E-state index contributed by atoms with van der Waals surface area (Å²) in [6.45, 7) is 0. The van der Waals surface area contributed by atoms with Gasteiger partial charge in [0.25, 0.3) is 5.91 Å². The summed E-state index contributed by atoms with van der Waals surface area (Å²) in [5.74, 6) is 0.633. The third-order valence-corrected chi connectivity index (χ3v) is 5.36. The standard InChI is InChI=1S/C24H19N3O4/c1-30-21-8-4-6-17(23(21)28)19-14-18(22-13-16-5-2-3-7-20(16)31-22)26-27(19)24(29)15-9-11-25-12-10-15/h2-13,19,28H,14H2,1H3. The average molecular weight is 413 g/mol. The van der Waals surface area contributed by atoms with Crippen LogP contribution in [0.1, 0.15) is 34.1 Å². The maximum Gasteiger partial charge on any atom is 0.274 e. The minimum atomic E-state index is -0.515. The van der Waals surface area contributed by atoms with Crippen LogP contribution in [0.15, 0.2) is 82.6 Å². The summed E-state index contributed by atoms with van der Waals surface area (Å²) in [5.41, 5.74) is 2.39. The van der Waals surface area contributed by atoms with Crippen molar-refractivity contribution < 1.29 is 19.1 Å². The Balaban J connectivity index is 1.59. The Morgan fingerprint density at radius 3 is 2.71 bits per heavy atom. The maximum absolute atomic E-state index is 13.3. The molecule has 1 aliphatic heterocycles. The quantitative estimate of drug-likeness (QED) is 0.531. The molecule has 0 spiro atoms. The molecule has 1 aliphatic rings. The number of carbonyl (C=O) groups excluding carboxylic acids is 1. The Kier molecular flexibility index (Phi) is 4.63. The number of furan rings is 1. The van der Waals surface area contributed by atoms with Gasteiger partial charge in [0.05, 0.1) is 13.2 Å². The van der Waals surface area contributed by atoms with E-state index >= 15 is 0 Å². The van der Waals surface area contributed by atoms with Crippen molar-refractivity contribution in [2.75, 3.05) is 7.11 Å². The number of phenolic OH excluding ortho intramolecular Hbond substituents is 1. The van der Waals surface area contributed by atoms with Crippen LogP contribution in [0, 0.1) is 0 Å². The molecule has 5 rings (SSSR count). The molecule has 31 heavy (non-hydrogen) atoms. The summed E-state index contributed by atoms with van der Waals surface area (Å²) in [6, 6.07) is 17.6. The van der Waals surface area contributed by atoms with Crippen molar-refractivity contribution in [3.63, 3.8) is 0 Å². The number of benzene rings is 2. The molecule has 1 unspecified atom stereocenters. The first-order valence-electron chi connectivity index (χ1n) is 9.81. The van der Waals surface area contributed by atoms with Gasteiger partial charge in [0.1, 0.15) is 11.3 Å². The Morgan fingerprint density at radius 2 is 1.94 bits per heavy atom. The number of para-hydroxylation sites is 2. The van der Waals surface area contributed by atoms with E-state index in [1.807, 2.05) is 30.3 Å². The summed E-state index contributed by atoms with van der Waals surface area (Å²) in [7, 11) is 1.49. The number of aromatic nitrogens is 1. The number of hydrogen-bond acceptors (Lipinski definition) is 6. The average Bonchev–Trinajstić information content (AvgIpc) is 3.44. The summed E-state index contributed by atoms with van der Waals surface area (Å²) in [6.07, 6.45) is 3.51. The molecule has 7 nitrogen and oxygen atoms in total. The van der Waals surface area contributed by atoms with Crippen molar-refractivity contribution in [3.8, 4) is 11.5 Å². The number of hydrazone groups is 1. The molecule has 154 valence electrons. The van der Waals surface area contributed by atoms with Crippen LogP contribution in [0.5, 0.6) is 11.5 Å². The number of aromatic hydroxyl groups is 1. The molecular formula is C24H19N3O4. The highest BCUT2D eigenvalue weighted by atomic mass is 16.5. The number of phenols is 1. The molecule has 2 aromatic carbocycles. The van der Waals surface area contributed by atoms with Crippen LogP contribution in [-0.4, -0.2) is 33.8 Å². The van der Waals surface area contributed by atoms with E-state index in [0.717, 1.165) is 11.0 Å². The maximum atomic E-state index is 13.3. The van der Waals surface area contributed by atoms with Gasteiger partial charge in [0.15, 0.2) is 17.3 Å². The van der Waals surface area contributed by atoms with Crippen LogP contribution in [0.25, 0.3) is 11.0 Å². The van der Waals surface area contributed by atoms with E-state index in [9.17, 15) is 9.90 Å². The molecule has 1 amide bonds. The highest BCUT2D eigenvalue weighted by Gasteiger charge is 2.36. The van der Waals surface area contributed by atoms with Gasteiger partial charge in [-0.15, -0.1) is 0 Å². The van der Waals surface area contributed by atoms with Gasteiger partial charge in [0.2, 0.25) is 0 Å². The van der Waals surface area contributed by atoms with Crippen LogP contribution >= 0.6 is 0 Å². The van der Waals surface area contributed by atoms with Gasteiger partial charge in [-0.3, -0.25) is 9.78 Å². The van der Waals surface area contributed by atoms with Gasteiger partial charge >= 0.3 is 0 Å². The number of methoxy groups -OCH3 is 1. The van der Waals surface area contributed by atoms with Crippen molar-refractivity contribution in [1.82, 2.24) is 9.99 Å². The molecule has 1 atom stereocenters. The van der Waals surface area contributed by atoms with E-state index in [1.54, 1.807) is 42.7 Å². The molecule has 0 saturated carbocycles. The second-order valence-corrected chi connectivity index (χ2v) is 7.20. The first-order valence-corrected chi connectivity index (χ1v) is 9.81. The molecular weight excluding hydrogens is 394 g/mol. The van der Waals surface area contributed by atoms with E-state index in [-0.39, 0.29) is 11.7 Å². The number of carbonyl (C=O) groups is 1. The fourth-order valence-corrected chi connectivity index (χ4v) is 3.81. The van der Waals surface area contributed by atoms with Crippen molar-refractivity contribution in [1.29, 1.82) is 0 Å². The molecule has 1 N–H and O–H groups in total. The molecule has 0 bridgehead atoms. The normalized spacial score (nSPS) is 15.8. The minimum Gasteiger partial charge on any atom is -0.504 e. The lowest BCUT2D eigenvalue weighted by Crippen LogP contribution is -2.27. The van der Waals surface area contributed by atoms with E-state index in [0.29, 0.717) is 34.8 Å².